The van der Waals surface area contributed by atoms with E-state index in [1.54, 1.807) is 36.4 Å². The fourth-order valence-electron chi connectivity index (χ4n) is 3.13. The Morgan fingerprint density at radius 2 is 1.68 bits per heavy atom. The van der Waals surface area contributed by atoms with Gasteiger partial charge in [-0.1, -0.05) is 51.9 Å². The van der Waals surface area contributed by atoms with Crippen LogP contribution >= 0.6 is 0 Å². The summed E-state index contributed by atoms with van der Waals surface area (Å²) in [6.45, 7) is 2.93. The topological polar surface area (TPSA) is 80.2 Å². The minimum atomic E-state index is -0.309. The van der Waals surface area contributed by atoms with Gasteiger partial charge in [-0.05, 0) is 54.4 Å². The number of phenols is 1. The summed E-state index contributed by atoms with van der Waals surface area (Å²) in [5.41, 5.74) is 3.68. The number of methoxy groups -OCH3 is 1. The Morgan fingerprint density at radius 1 is 1.00 bits per heavy atom. The molecule has 0 radical (unpaired) electrons. The maximum atomic E-state index is 12.2. The number of unbranched alkanes of at least 4 members (excludes halogenated alkanes) is 7. The number of nitrogens with one attached hydrogen (secondary N) is 1. The van der Waals surface area contributed by atoms with E-state index in [0.717, 1.165) is 12.2 Å². The number of hydrogen-bond donors (Lipinski definition) is 2. The summed E-state index contributed by atoms with van der Waals surface area (Å²) in [5, 5.41) is 13.6. The molecule has 0 aliphatic rings. The van der Waals surface area contributed by atoms with E-state index in [2.05, 4.69) is 17.5 Å². The average molecular weight is 427 g/mol. The van der Waals surface area contributed by atoms with Crippen LogP contribution in [0.3, 0.4) is 0 Å². The van der Waals surface area contributed by atoms with Gasteiger partial charge >= 0.3 is 0 Å². The first kappa shape index (κ1) is 24.3. The molecule has 6 nitrogen and oxygen atoms in total. The van der Waals surface area contributed by atoms with Gasteiger partial charge in [-0.15, -0.1) is 0 Å². The van der Waals surface area contributed by atoms with E-state index >= 15 is 0 Å². The molecule has 2 rings (SSSR count). The van der Waals surface area contributed by atoms with Crippen LogP contribution in [0, 0.1) is 0 Å². The van der Waals surface area contributed by atoms with Gasteiger partial charge in [0, 0.05) is 5.56 Å². The number of carbonyl (C=O) groups is 1. The predicted octanol–water partition coefficient (Wildman–Crippen LogP) is 5.68. The molecule has 0 heterocycles. The highest BCUT2D eigenvalue weighted by Crippen LogP contribution is 2.25. The molecule has 0 saturated carbocycles. The molecule has 0 unspecified atom stereocenters. The molecule has 0 aliphatic heterocycles. The highest BCUT2D eigenvalue weighted by molar-refractivity contribution is 5.95. The molecule has 2 aromatic carbocycles. The molecule has 31 heavy (non-hydrogen) atoms. The SMILES string of the molecule is CCCCCCCCCCOc1ccc(C(=O)NN=Cc2ccc(O)c(OC)c2)cc1. The molecule has 0 spiro atoms. The molecular weight excluding hydrogens is 392 g/mol. The monoisotopic (exact) mass is 426 g/mol. The van der Waals surface area contributed by atoms with Gasteiger partial charge < -0.3 is 14.6 Å². The lowest BCUT2D eigenvalue weighted by molar-refractivity contribution is 0.0955. The fraction of sp³-hybridized carbons (Fsp3) is 0.440. The quantitative estimate of drug-likeness (QED) is 0.231. The lowest BCUT2D eigenvalue weighted by atomic mass is 10.1. The van der Waals surface area contributed by atoms with Crippen molar-refractivity contribution < 1.29 is 19.4 Å². The largest absolute Gasteiger partial charge is 0.504 e. The Balaban J connectivity index is 1.68. The second-order valence-corrected chi connectivity index (χ2v) is 7.48. The van der Waals surface area contributed by atoms with Crippen LogP contribution < -0.4 is 14.9 Å². The molecule has 2 N–H and O–H groups in total. The molecule has 168 valence electrons. The summed E-state index contributed by atoms with van der Waals surface area (Å²) < 4.78 is 10.8. The minimum absolute atomic E-state index is 0.0494. The fourth-order valence-corrected chi connectivity index (χ4v) is 3.13. The van der Waals surface area contributed by atoms with Crippen molar-refractivity contribution in [3.05, 3.63) is 53.6 Å². The maximum Gasteiger partial charge on any atom is 0.271 e. The summed E-state index contributed by atoms with van der Waals surface area (Å²) in [6.07, 6.45) is 11.6. The van der Waals surface area contributed by atoms with E-state index in [4.69, 9.17) is 9.47 Å². The summed E-state index contributed by atoms with van der Waals surface area (Å²) in [4.78, 5) is 12.2. The zero-order valence-electron chi connectivity index (χ0n) is 18.6. The van der Waals surface area contributed by atoms with Crippen molar-refractivity contribution in [2.24, 2.45) is 5.10 Å². The lowest BCUT2D eigenvalue weighted by Gasteiger charge is -2.07. The molecule has 0 saturated heterocycles. The number of carbonyl (C=O) groups excluding carboxylic acids is 1. The van der Waals surface area contributed by atoms with E-state index in [1.807, 2.05) is 0 Å². The van der Waals surface area contributed by atoms with Gasteiger partial charge in [-0.25, -0.2) is 5.43 Å². The lowest BCUT2D eigenvalue weighted by Crippen LogP contribution is -2.17. The molecule has 0 atom stereocenters. The average Bonchev–Trinajstić information content (AvgIpc) is 2.79. The third kappa shape index (κ3) is 9.11. The Labute approximate surface area is 185 Å². The second kappa shape index (κ2) is 14.1. The third-order valence-electron chi connectivity index (χ3n) is 4.97. The first-order chi connectivity index (χ1) is 15.1. The Morgan fingerprint density at radius 3 is 2.35 bits per heavy atom. The number of nitrogens with zero attached hydrogens (tertiary/aromatic N) is 1. The van der Waals surface area contributed by atoms with Crippen molar-refractivity contribution in [3.8, 4) is 17.2 Å². The summed E-state index contributed by atoms with van der Waals surface area (Å²) in [7, 11) is 1.47. The minimum Gasteiger partial charge on any atom is -0.504 e. The second-order valence-electron chi connectivity index (χ2n) is 7.48. The van der Waals surface area contributed by atoms with Gasteiger partial charge in [0.05, 0.1) is 19.9 Å². The van der Waals surface area contributed by atoms with Crippen LogP contribution in [0.4, 0.5) is 0 Å². The molecule has 0 aromatic heterocycles. The van der Waals surface area contributed by atoms with Crippen LogP contribution in [-0.4, -0.2) is 30.9 Å². The van der Waals surface area contributed by atoms with Crippen LogP contribution in [0.5, 0.6) is 17.2 Å². The van der Waals surface area contributed by atoms with Crippen molar-refractivity contribution in [3.63, 3.8) is 0 Å². The first-order valence-corrected chi connectivity index (χ1v) is 11.1. The molecular formula is C25H34N2O4. The Bertz CT molecular complexity index is 819. The van der Waals surface area contributed by atoms with Crippen LogP contribution in [0.25, 0.3) is 0 Å². The van der Waals surface area contributed by atoms with Crippen LogP contribution in [0.1, 0.15) is 74.2 Å². The number of ether oxygens (including phenoxy) is 2. The van der Waals surface area contributed by atoms with Crippen LogP contribution in [-0.2, 0) is 0 Å². The molecule has 2 aromatic rings. The van der Waals surface area contributed by atoms with Gasteiger partial charge in [0.1, 0.15) is 5.75 Å². The van der Waals surface area contributed by atoms with Gasteiger partial charge in [0.2, 0.25) is 0 Å². The normalized spacial score (nSPS) is 10.9. The highest BCUT2D eigenvalue weighted by Gasteiger charge is 2.05. The highest BCUT2D eigenvalue weighted by atomic mass is 16.5. The van der Waals surface area contributed by atoms with Crippen molar-refractivity contribution in [2.75, 3.05) is 13.7 Å². The summed E-state index contributed by atoms with van der Waals surface area (Å²) in [6, 6.07) is 11.8. The van der Waals surface area contributed by atoms with E-state index < -0.39 is 0 Å². The number of rotatable bonds is 14. The van der Waals surface area contributed by atoms with Crippen molar-refractivity contribution >= 4 is 12.1 Å². The van der Waals surface area contributed by atoms with E-state index in [0.29, 0.717) is 23.5 Å². The third-order valence-corrected chi connectivity index (χ3v) is 4.97. The molecule has 1 amide bonds. The number of aromatic hydroxyl groups is 1. The zero-order valence-corrected chi connectivity index (χ0v) is 18.6. The Kier molecular flexibility index (Phi) is 11.0. The number of benzene rings is 2. The Hall–Kier alpha value is -3.02. The van der Waals surface area contributed by atoms with E-state index in [1.165, 1.54) is 64.3 Å². The van der Waals surface area contributed by atoms with Crippen molar-refractivity contribution in [1.29, 1.82) is 0 Å². The summed E-state index contributed by atoms with van der Waals surface area (Å²) in [5.74, 6) is 0.849. The summed E-state index contributed by atoms with van der Waals surface area (Å²) >= 11 is 0. The number of phenolic OH excluding ortho intramolecular Hbond substituents is 1. The van der Waals surface area contributed by atoms with Crippen molar-refractivity contribution in [2.45, 2.75) is 58.3 Å². The van der Waals surface area contributed by atoms with Gasteiger partial charge in [-0.2, -0.15) is 5.10 Å². The predicted molar refractivity (Wildman–Crippen MR) is 124 cm³/mol. The zero-order chi connectivity index (χ0) is 22.3. The van der Waals surface area contributed by atoms with E-state index in [9.17, 15) is 9.90 Å². The molecule has 0 bridgehead atoms. The van der Waals surface area contributed by atoms with E-state index in [-0.39, 0.29) is 11.7 Å². The first-order valence-electron chi connectivity index (χ1n) is 11.1. The standard InChI is InChI=1S/C25H34N2O4/c1-3-4-5-6-7-8-9-10-17-31-22-14-12-21(13-15-22)25(29)27-26-19-20-11-16-23(28)24(18-20)30-2/h11-16,18-19,28H,3-10,17H2,1-2H3,(H,27,29). The molecule has 0 fully saturated rings. The molecule has 6 heteroatoms. The maximum absolute atomic E-state index is 12.2. The van der Waals surface area contributed by atoms with Crippen LogP contribution in [0.2, 0.25) is 0 Å². The van der Waals surface area contributed by atoms with Gasteiger partial charge in [0.15, 0.2) is 11.5 Å². The number of hydrogen-bond acceptors (Lipinski definition) is 5. The number of hydrazone groups is 1. The van der Waals surface area contributed by atoms with Gasteiger partial charge in [-0.3, -0.25) is 4.79 Å². The van der Waals surface area contributed by atoms with Crippen LogP contribution in [0.15, 0.2) is 47.6 Å². The number of amides is 1. The molecule has 0 aliphatic carbocycles. The van der Waals surface area contributed by atoms with Crippen molar-refractivity contribution in [1.82, 2.24) is 5.43 Å². The smallest absolute Gasteiger partial charge is 0.271 e. The van der Waals surface area contributed by atoms with Gasteiger partial charge in [0.25, 0.3) is 5.91 Å².